The maximum absolute atomic E-state index is 13.0. The smallest absolute Gasteiger partial charge is 0.293 e. The van der Waals surface area contributed by atoms with Crippen LogP contribution in [0.3, 0.4) is 0 Å². The second kappa shape index (κ2) is 10.4. The van der Waals surface area contributed by atoms with E-state index in [-0.39, 0.29) is 12.2 Å². The van der Waals surface area contributed by atoms with Crippen LogP contribution in [0.4, 0.5) is 16.2 Å². The van der Waals surface area contributed by atoms with E-state index in [1.165, 1.54) is 17.8 Å². The number of aryl methyl sites for hydroxylation is 1. The molecule has 8 nitrogen and oxygen atoms in total. The lowest BCUT2D eigenvalue weighted by molar-refractivity contribution is -0.384. The minimum absolute atomic E-state index is 0.0123. The molecule has 2 heterocycles. The van der Waals surface area contributed by atoms with Crippen molar-refractivity contribution in [2.45, 2.75) is 34.2 Å². The van der Waals surface area contributed by atoms with Crippen LogP contribution >= 0.6 is 11.8 Å². The highest BCUT2D eigenvalue weighted by molar-refractivity contribution is 8.18. The van der Waals surface area contributed by atoms with Gasteiger partial charge in [-0.05, 0) is 87.0 Å². The standard InChI is InChI=1S/C27H28N4O4S/c1-5-28(6-2)22-10-12-23(13-11-22)30-18(3)14-21(19(30)4)16-25-26(32)29(27(33)36-25)17-20-8-7-9-24(15-20)31(34)35/h7-16H,5-6,17H2,1-4H3/b25-16+. The van der Waals surface area contributed by atoms with E-state index in [0.29, 0.717) is 10.5 Å². The van der Waals surface area contributed by atoms with E-state index in [1.54, 1.807) is 18.2 Å². The number of nitro benzene ring substituents is 1. The fourth-order valence-corrected chi connectivity index (χ4v) is 5.29. The van der Waals surface area contributed by atoms with Crippen molar-refractivity contribution in [3.8, 4) is 5.69 Å². The number of carbonyl (C=O) groups excluding carboxylic acids is 2. The lowest BCUT2D eigenvalue weighted by Gasteiger charge is -2.21. The summed E-state index contributed by atoms with van der Waals surface area (Å²) in [5.41, 5.74) is 5.50. The molecule has 4 rings (SSSR count). The van der Waals surface area contributed by atoms with Gasteiger partial charge in [0.25, 0.3) is 16.8 Å². The van der Waals surface area contributed by atoms with E-state index in [4.69, 9.17) is 0 Å². The van der Waals surface area contributed by atoms with Gasteiger partial charge in [-0.2, -0.15) is 0 Å². The first-order valence-electron chi connectivity index (χ1n) is 11.8. The molecule has 0 spiro atoms. The maximum Gasteiger partial charge on any atom is 0.293 e. The predicted octanol–water partition coefficient (Wildman–Crippen LogP) is 6.09. The Bertz CT molecular complexity index is 1360. The van der Waals surface area contributed by atoms with Crippen molar-refractivity contribution in [1.29, 1.82) is 0 Å². The molecule has 0 N–H and O–H groups in total. The van der Waals surface area contributed by atoms with Crippen molar-refractivity contribution in [1.82, 2.24) is 9.47 Å². The van der Waals surface area contributed by atoms with Crippen LogP contribution in [0.5, 0.6) is 0 Å². The third kappa shape index (κ3) is 4.92. The Hall–Kier alpha value is -3.85. The first-order valence-corrected chi connectivity index (χ1v) is 12.6. The summed E-state index contributed by atoms with van der Waals surface area (Å²) in [5, 5.41) is 10.7. The molecule has 1 aliphatic rings. The van der Waals surface area contributed by atoms with Gasteiger partial charge in [0.05, 0.1) is 16.4 Å². The average Bonchev–Trinajstić information content (AvgIpc) is 3.29. The molecular formula is C27H28N4O4S. The topological polar surface area (TPSA) is 88.7 Å². The van der Waals surface area contributed by atoms with Gasteiger partial charge in [-0.25, -0.2) is 0 Å². The maximum atomic E-state index is 13.0. The number of nitro groups is 1. The molecule has 2 amide bonds. The Morgan fingerprint density at radius 1 is 1.03 bits per heavy atom. The van der Waals surface area contributed by atoms with Crippen molar-refractivity contribution in [2.24, 2.45) is 0 Å². The molecule has 1 saturated heterocycles. The van der Waals surface area contributed by atoms with Crippen LogP contribution in [-0.4, -0.2) is 38.6 Å². The van der Waals surface area contributed by atoms with E-state index < -0.39 is 16.1 Å². The van der Waals surface area contributed by atoms with Gasteiger partial charge in [0.1, 0.15) is 0 Å². The molecule has 0 radical (unpaired) electrons. The van der Waals surface area contributed by atoms with Crippen molar-refractivity contribution < 1.29 is 14.5 Å². The number of benzene rings is 2. The SMILES string of the molecule is CCN(CC)c1ccc(-n2c(C)cc(/C=C3/SC(=O)N(Cc4cccc([N+](=O)[O-])c4)C3=O)c2C)cc1. The summed E-state index contributed by atoms with van der Waals surface area (Å²) in [6.45, 7) is 10.1. The van der Waals surface area contributed by atoms with Crippen molar-refractivity contribution in [3.63, 3.8) is 0 Å². The molecule has 9 heteroatoms. The van der Waals surface area contributed by atoms with Crippen LogP contribution in [-0.2, 0) is 11.3 Å². The number of hydrogen-bond acceptors (Lipinski definition) is 6. The number of anilines is 1. The number of imide groups is 1. The number of nitrogens with zero attached hydrogens (tertiary/aromatic N) is 4. The molecule has 0 atom stereocenters. The van der Waals surface area contributed by atoms with Gasteiger partial charge in [0.2, 0.25) is 0 Å². The normalized spacial score (nSPS) is 14.7. The molecule has 0 unspecified atom stereocenters. The summed E-state index contributed by atoms with van der Waals surface area (Å²) in [6, 6.07) is 16.4. The van der Waals surface area contributed by atoms with Gasteiger partial charge in [-0.1, -0.05) is 12.1 Å². The largest absolute Gasteiger partial charge is 0.372 e. The fourth-order valence-electron chi connectivity index (χ4n) is 4.46. The number of carbonyl (C=O) groups is 2. The minimum Gasteiger partial charge on any atom is -0.372 e. The molecule has 1 fully saturated rings. The highest BCUT2D eigenvalue weighted by Crippen LogP contribution is 2.35. The molecule has 3 aromatic rings. The first kappa shape index (κ1) is 25.2. The third-order valence-electron chi connectivity index (χ3n) is 6.33. The van der Waals surface area contributed by atoms with Gasteiger partial charge in [-0.3, -0.25) is 24.6 Å². The second-order valence-corrected chi connectivity index (χ2v) is 9.54. The van der Waals surface area contributed by atoms with E-state index in [1.807, 2.05) is 19.9 Å². The van der Waals surface area contributed by atoms with Gasteiger partial charge >= 0.3 is 0 Å². The van der Waals surface area contributed by atoms with Crippen LogP contribution in [0.15, 0.2) is 59.5 Å². The number of hydrogen-bond donors (Lipinski definition) is 0. The van der Waals surface area contributed by atoms with Crippen LogP contribution in [0.2, 0.25) is 0 Å². The van der Waals surface area contributed by atoms with Crippen molar-refractivity contribution >= 4 is 40.4 Å². The molecule has 0 bridgehead atoms. The Morgan fingerprint density at radius 3 is 2.36 bits per heavy atom. The summed E-state index contributed by atoms with van der Waals surface area (Å²) in [7, 11) is 0. The second-order valence-electron chi connectivity index (χ2n) is 8.55. The summed E-state index contributed by atoms with van der Waals surface area (Å²) in [5.74, 6) is -0.398. The quantitative estimate of drug-likeness (QED) is 0.210. The van der Waals surface area contributed by atoms with Crippen molar-refractivity contribution in [3.05, 3.63) is 92.1 Å². The highest BCUT2D eigenvalue weighted by atomic mass is 32.2. The predicted molar refractivity (Wildman–Crippen MR) is 143 cm³/mol. The summed E-state index contributed by atoms with van der Waals surface area (Å²) in [6.07, 6.45) is 1.75. The summed E-state index contributed by atoms with van der Waals surface area (Å²) < 4.78 is 2.13. The van der Waals surface area contributed by atoms with E-state index in [0.717, 1.165) is 52.4 Å². The van der Waals surface area contributed by atoms with Gasteiger partial charge < -0.3 is 9.47 Å². The van der Waals surface area contributed by atoms with Gasteiger partial charge in [-0.15, -0.1) is 0 Å². The molecule has 186 valence electrons. The number of amides is 2. The minimum atomic E-state index is -0.496. The number of aromatic nitrogens is 1. The van der Waals surface area contributed by atoms with E-state index >= 15 is 0 Å². The Balaban J connectivity index is 1.58. The van der Waals surface area contributed by atoms with Gasteiger partial charge in [0.15, 0.2) is 0 Å². The molecular weight excluding hydrogens is 476 g/mol. The molecule has 2 aromatic carbocycles. The van der Waals surface area contributed by atoms with Crippen LogP contribution < -0.4 is 4.90 Å². The number of rotatable bonds is 8. The van der Waals surface area contributed by atoms with E-state index in [2.05, 4.69) is 47.6 Å². The highest BCUT2D eigenvalue weighted by Gasteiger charge is 2.35. The van der Waals surface area contributed by atoms with Crippen LogP contribution in [0.25, 0.3) is 11.8 Å². The molecule has 0 saturated carbocycles. The van der Waals surface area contributed by atoms with Crippen LogP contribution in [0.1, 0.15) is 36.4 Å². The van der Waals surface area contributed by atoms with Crippen LogP contribution in [0, 0.1) is 24.0 Å². The number of thioether (sulfide) groups is 1. The first-order chi connectivity index (χ1) is 17.2. The molecule has 0 aliphatic carbocycles. The zero-order chi connectivity index (χ0) is 26.0. The zero-order valence-corrected chi connectivity index (χ0v) is 21.5. The van der Waals surface area contributed by atoms with Crippen molar-refractivity contribution in [2.75, 3.05) is 18.0 Å². The molecule has 1 aliphatic heterocycles. The fraction of sp³-hybridized carbons (Fsp3) is 0.259. The van der Waals surface area contributed by atoms with E-state index in [9.17, 15) is 19.7 Å². The summed E-state index contributed by atoms with van der Waals surface area (Å²) >= 11 is 0.886. The molecule has 36 heavy (non-hydrogen) atoms. The van der Waals surface area contributed by atoms with Gasteiger partial charge in [0, 0.05) is 48.0 Å². The summed E-state index contributed by atoms with van der Waals surface area (Å²) in [4.78, 5) is 40.0. The lowest BCUT2D eigenvalue weighted by atomic mass is 10.2. The average molecular weight is 505 g/mol. The Labute approximate surface area is 214 Å². The Morgan fingerprint density at radius 2 is 1.72 bits per heavy atom. The zero-order valence-electron chi connectivity index (χ0n) is 20.7. The Kier molecular flexibility index (Phi) is 7.30. The third-order valence-corrected chi connectivity index (χ3v) is 7.24. The monoisotopic (exact) mass is 504 g/mol. The lowest BCUT2D eigenvalue weighted by Crippen LogP contribution is -2.27. The number of non-ortho nitro benzene ring substituents is 1. The molecule has 1 aromatic heterocycles.